The summed E-state index contributed by atoms with van der Waals surface area (Å²) in [6, 6.07) is 16.0. The standard InChI is InChI=1S/C21H24N4O2/c1-15-12-25(13-16-6-2-5-9-19(16)27-15)14-21(26)22-11-10-20-23-17-7-3-4-8-18(17)24-20/h2-9,15H,10-14H2,1H3,(H,22,26)(H,23,24). The fourth-order valence-electron chi connectivity index (χ4n) is 3.50. The number of fused-ring (bicyclic) bond motifs is 2. The van der Waals surface area contributed by atoms with Crippen LogP contribution in [0.2, 0.25) is 0 Å². The van der Waals surface area contributed by atoms with Gasteiger partial charge in [0.15, 0.2) is 0 Å². The average molecular weight is 364 g/mol. The molecule has 1 atom stereocenters. The van der Waals surface area contributed by atoms with Gasteiger partial charge in [-0.15, -0.1) is 0 Å². The largest absolute Gasteiger partial charge is 0.489 e. The molecule has 0 bridgehead atoms. The Bertz CT molecular complexity index is 904. The number of hydrogen-bond acceptors (Lipinski definition) is 4. The molecule has 1 aliphatic heterocycles. The fraction of sp³-hybridized carbons (Fsp3) is 0.333. The molecule has 1 aliphatic rings. The maximum absolute atomic E-state index is 12.4. The Morgan fingerprint density at radius 3 is 2.96 bits per heavy atom. The van der Waals surface area contributed by atoms with Crippen molar-refractivity contribution < 1.29 is 9.53 Å². The summed E-state index contributed by atoms with van der Waals surface area (Å²) in [5, 5.41) is 3.00. The van der Waals surface area contributed by atoms with Gasteiger partial charge in [-0.25, -0.2) is 4.98 Å². The molecule has 1 amide bonds. The molecule has 0 aliphatic carbocycles. The van der Waals surface area contributed by atoms with Crippen molar-refractivity contribution in [3.05, 3.63) is 59.9 Å². The number of carbonyl (C=O) groups is 1. The minimum atomic E-state index is 0.0256. The van der Waals surface area contributed by atoms with E-state index in [1.165, 1.54) is 0 Å². The van der Waals surface area contributed by atoms with Gasteiger partial charge < -0.3 is 15.0 Å². The van der Waals surface area contributed by atoms with E-state index < -0.39 is 0 Å². The summed E-state index contributed by atoms with van der Waals surface area (Å²) >= 11 is 0. The van der Waals surface area contributed by atoms with Crippen LogP contribution in [-0.2, 0) is 17.8 Å². The number of nitrogens with zero attached hydrogens (tertiary/aromatic N) is 2. The molecule has 6 nitrogen and oxygen atoms in total. The molecule has 0 saturated heterocycles. The minimum absolute atomic E-state index is 0.0256. The second-order valence-corrected chi connectivity index (χ2v) is 7.01. The topological polar surface area (TPSA) is 70.2 Å². The van der Waals surface area contributed by atoms with Crippen molar-refractivity contribution in [3.63, 3.8) is 0 Å². The van der Waals surface area contributed by atoms with Crippen molar-refractivity contribution in [3.8, 4) is 5.75 Å². The molecule has 0 spiro atoms. The van der Waals surface area contributed by atoms with Gasteiger partial charge in [0.1, 0.15) is 17.7 Å². The quantitative estimate of drug-likeness (QED) is 0.730. The number of carbonyl (C=O) groups excluding carboxylic acids is 1. The van der Waals surface area contributed by atoms with Crippen molar-refractivity contribution in [2.75, 3.05) is 19.6 Å². The third-order valence-electron chi connectivity index (χ3n) is 4.70. The maximum atomic E-state index is 12.4. The Kier molecular flexibility index (Phi) is 5.07. The first-order valence-corrected chi connectivity index (χ1v) is 9.34. The number of para-hydroxylation sites is 3. The van der Waals surface area contributed by atoms with E-state index in [0.29, 0.717) is 19.5 Å². The first-order chi connectivity index (χ1) is 13.2. The SMILES string of the molecule is CC1CN(CC(=O)NCCc2nc3ccccc3[nH]2)Cc2ccccc2O1. The second-order valence-electron chi connectivity index (χ2n) is 7.01. The van der Waals surface area contributed by atoms with Gasteiger partial charge >= 0.3 is 0 Å². The van der Waals surface area contributed by atoms with Crippen LogP contribution in [0.4, 0.5) is 0 Å². The first kappa shape index (κ1) is 17.5. The highest BCUT2D eigenvalue weighted by Crippen LogP contribution is 2.24. The first-order valence-electron chi connectivity index (χ1n) is 9.34. The van der Waals surface area contributed by atoms with Gasteiger partial charge in [0.2, 0.25) is 5.91 Å². The van der Waals surface area contributed by atoms with Crippen molar-refractivity contribution in [1.29, 1.82) is 0 Å². The Balaban J connectivity index is 1.30. The van der Waals surface area contributed by atoms with Crippen molar-refractivity contribution in [1.82, 2.24) is 20.2 Å². The monoisotopic (exact) mass is 364 g/mol. The average Bonchev–Trinajstić information content (AvgIpc) is 2.98. The predicted molar refractivity (Wildman–Crippen MR) is 105 cm³/mol. The molecular formula is C21H24N4O2. The molecular weight excluding hydrogens is 340 g/mol. The maximum Gasteiger partial charge on any atom is 0.234 e. The highest BCUT2D eigenvalue weighted by molar-refractivity contribution is 5.78. The van der Waals surface area contributed by atoms with Gasteiger partial charge in [0.25, 0.3) is 0 Å². The zero-order valence-electron chi connectivity index (χ0n) is 15.4. The van der Waals surface area contributed by atoms with E-state index in [-0.39, 0.29) is 12.0 Å². The third kappa shape index (κ3) is 4.28. The number of nitrogens with one attached hydrogen (secondary N) is 2. The number of benzene rings is 2. The Morgan fingerprint density at radius 1 is 1.26 bits per heavy atom. The van der Waals surface area contributed by atoms with Crippen LogP contribution in [-0.4, -0.2) is 46.5 Å². The van der Waals surface area contributed by atoms with Gasteiger partial charge in [-0.05, 0) is 25.1 Å². The van der Waals surface area contributed by atoms with Crippen LogP contribution < -0.4 is 10.1 Å². The molecule has 0 fully saturated rings. The van der Waals surface area contributed by atoms with Crippen molar-refractivity contribution in [2.24, 2.45) is 0 Å². The van der Waals surface area contributed by atoms with Crippen LogP contribution in [0.5, 0.6) is 5.75 Å². The minimum Gasteiger partial charge on any atom is -0.489 e. The summed E-state index contributed by atoms with van der Waals surface area (Å²) in [6.45, 7) is 4.41. The third-order valence-corrected chi connectivity index (χ3v) is 4.70. The van der Waals surface area contributed by atoms with Crippen LogP contribution in [0.15, 0.2) is 48.5 Å². The van der Waals surface area contributed by atoms with Crippen LogP contribution in [0.1, 0.15) is 18.3 Å². The van der Waals surface area contributed by atoms with Gasteiger partial charge in [-0.3, -0.25) is 9.69 Å². The van der Waals surface area contributed by atoms with Crippen molar-refractivity contribution >= 4 is 16.9 Å². The molecule has 0 radical (unpaired) electrons. The molecule has 0 saturated carbocycles. The van der Waals surface area contributed by atoms with Crippen LogP contribution >= 0.6 is 0 Å². The molecule has 1 unspecified atom stereocenters. The number of aromatic nitrogens is 2. The Hall–Kier alpha value is -2.86. The van der Waals surface area contributed by atoms with Gasteiger partial charge in [0.05, 0.1) is 17.6 Å². The molecule has 6 heteroatoms. The Labute approximate surface area is 158 Å². The summed E-state index contributed by atoms with van der Waals surface area (Å²) in [7, 11) is 0. The van der Waals surface area contributed by atoms with Crippen LogP contribution in [0, 0.1) is 0 Å². The number of imidazole rings is 1. The lowest BCUT2D eigenvalue weighted by Gasteiger charge is -2.21. The van der Waals surface area contributed by atoms with E-state index in [0.717, 1.165) is 41.3 Å². The van der Waals surface area contributed by atoms with Gasteiger partial charge in [0, 0.05) is 31.6 Å². The highest BCUT2D eigenvalue weighted by atomic mass is 16.5. The zero-order chi connectivity index (χ0) is 18.6. The fourth-order valence-corrected chi connectivity index (χ4v) is 3.50. The summed E-state index contributed by atoms with van der Waals surface area (Å²) in [5.41, 5.74) is 3.10. The number of ether oxygens (including phenoxy) is 1. The lowest BCUT2D eigenvalue weighted by molar-refractivity contribution is -0.122. The number of rotatable bonds is 5. The number of hydrogen-bond donors (Lipinski definition) is 2. The molecule has 140 valence electrons. The van der Waals surface area contributed by atoms with Gasteiger partial charge in [-0.1, -0.05) is 30.3 Å². The van der Waals surface area contributed by atoms with Crippen molar-refractivity contribution in [2.45, 2.75) is 26.0 Å². The van der Waals surface area contributed by atoms with E-state index in [2.05, 4.69) is 26.3 Å². The summed E-state index contributed by atoms with van der Waals surface area (Å²) in [5.74, 6) is 1.83. The predicted octanol–water partition coefficient (Wildman–Crippen LogP) is 2.50. The number of aromatic amines is 1. The molecule has 2 heterocycles. The normalized spacial score (nSPS) is 17.1. The second kappa shape index (κ2) is 7.80. The van der Waals surface area contributed by atoms with Crippen LogP contribution in [0.25, 0.3) is 11.0 Å². The molecule has 2 aromatic carbocycles. The molecule has 3 aromatic rings. The number of H-pyrrole nitrogens is 1. The Morgan fingerprint density at radius 2 is 2.07 bits per heavy atom. The molecule has 1 aromatic heterocycles. The number of amides is 1. The van der Waals surface area contributed by atoms with Gasteiger partial charge in [-0.2, -0.15) is 0 Å². The van der Waals surface area contributed by atoms with E-state index in [4.69, 9.17) is 4.74 Å². The highest BCUT2D eigenvalue weighted by Gasteiger charge is 2.21. The van der Waals surface area contributed by atoms with E-state index in [9.17, 15) is 4.79 Å². The molecule has 27 heavy (non-hydrogen) atoms. The summed E-state index contributed by atoms with van der Waals surface area (Å²) in [4.78, 5) is 22.3. The lowest BCUT2D eigenvalue weighted by atomic mass is 10.2. The lowest BCUT2D eigenvalue weighted by Crippen LogP contribution is -2.40. The van der Waals surface area contributed by atoms with Crippen LogP contribution in [0.3, 0.4) is 0 Å². The van der Waals surface area contributed by atoms with E-state index in [1.54, 1.807) is 0 Å². The van der Waals surface area contributed by atoms with E-state index in [1.807, 2.05) is 49.4 Å². The smallest absolute Gasteiger partial charge is 0.234 e. The zero-order valence-corrected chi connectivity index (χ0v) is 15.4. The summed E-state index contributed by atoms with van der Waals surface area (Å²) < 4.78 is 5.95. The van der Waals surface area contributed by atoms with E-state index >= 15 is 0 Å². The summed E-state index contributed by atoms with van der Waals surface area (Å²) in [6.07, 6.45) is 0.736. The molecule has 4 rings (SSSR count). The molecule has 2 N–H and O–H groups in total.